The van der Waals surface area contributed by atoms with Gasteiger partial charge in [0.2, 0.25) is 18.5 Å². The zero-order chi connectivity index (χ0) is 45.9. The van der Waals surface area contributed by atoms with Gasteiger partial charge < -0.3 is 49.0 Å². The number of nitrogens with zero attached hydrogens (tertiary/aromatic N) is 2. The summed E-state index contributed by atoms with van der Waals surface area (Å²) in [7, 11) is 0. The standard InChI is InChI=1S/C53H67N3O10/c1-3-28-63-53-48(56(49(59)25-21-36-14-8-9-15-36)33-38-20-23-46-47(29-38)62-35-61-46)32-44(55-64-34-37-16-6-5-7-17-37)42-30-39(18-10-12-26-57)41(19-11-13-27-58)50(51(42)53)43-31-40(22-24-45(43)66-53)65-52(60)54-4-2/h3,5-7,16-17,20,22-24,29-31,36,39,41,48,50-51,57-58H,1,4,8-15,18-19,21,25-28,32-35H2,2H3,(H,54,60). The minimum atomic E-state index is -1.44. The van der Waals surface area contributed by atoms with Crippen LogP contribution in [0.15, 0.2) is 96.2 Å². The van der Waals surface area contributed by atoms with Gasteiger partial charge in [-0.3, -0.25) is 4.79 Å². The first-order valence-corrected chi connectivity index (χ1v) is 24.2. The number of aliphatic hydroxyl groups excluding tert-OH is 2. The summed E-state index contributed by atoms with van der Waals surface area (Å²) in [5.41, 5.74) is 4.36. The molecule has 8 rings (SSSR count). The largest absolute Gasteiger partial charge is 0.459 e. The van der Waals surface area contributed by atoms with Crippen LogP contribution in [0.1, 0.15) is 113 Å². The van der Waals surface area contributed by atoms with E-state index in [4.69, 9.17) is 33.7 Å². The summed E-state index contributed by atoms with van der Waals surface area (Å²) in [5, 5.41) is 27.8. The summed E-state index contributed by atoms with van der Waals surface area (Å²) in [6, 6.07) is 20.6. The van der Waals surface area contributed by atoms with Crippen LogP contribution in [-0.4, -0.2) is 77.8 Å². The number of allylic oxidation sites excluding steroid dienone is 1. The SMILES string of the molecule is C=CCOC12Oc3ccc(OC(=O)NCC)cc3C3C(CCCCO)C(CCCCO)C=C(C(=NOCc4ccccc4)CC1N(Cc1ccc4c(c1)OCO4)C(=O)CCC1CCCC1)C32. The lowest BCUT2D eigenvalue weighted by Gasteiger charge is -2.60. The van der Waals surface area contributed by atoms with Gasteiger partial charge in [0.25, 0.3) is 0 Å². The van der Waals surface area contributed by atoms with E-state index in [0.29, 0.717) is 60.4 Å². The first kappa shape index (κ1) is 47.1. The second-order valence-corrected chi connectivity index (χ2v) is 18.3. The summed E-state index contributed by atoms with van der Waals surface area (Å²) in [6.07, 6.45) is 14.0. The molecular formula is C53H67N3O10. The monoisotopic (exact) mass is 905 g/mol. The number of carbonyl (C=O) groups is 2. The predicted octanol–water partition coefficient (Wildman–Crippen LogP) is 9.36. The lowest BCUT2D eigenvalue weighted by atomic mass is 9.55. The van der Waals surface area contributed by atoms with Crippen molar-refractivity contribution in [1.82, 2.24) is 10.2 Å². The van der Waals surface area contributed by atoms with Crippen LogP contribution < -0.4 is 24.3 Å². The lowest BCUT2D eigenvalue weighted by molar-refractivity contribution is -0.258. The molecule has 2 fully saturated rings. The Bertz CT molecular complexity index is 2190. The minimum Gasteiger partial charge on any atom is -0.459 e. The molecule has 13 heteroatoms. The number of benzene rings is 3. The maximum Gasteiger partial charge on any atom is 0.412 e. The highest BCUT2D eigenvalue weighted by molar-refractivity contribution is 6.03. The van der Waals surface area contributed by atoms with Crippen LogP contribution in [0.3, 0.4) is 0 Å². The third-order valence-corrected chi connectivity index (χ3v) is 14.2. The number of amides is 2. The highest BCUT2D eigenvalue weighted by Gasteiger charge is 2.65. The molecule has 2 saturated carbocycles. The fourth-order valence-electron chi connectivity index (χ4n) is 11.1. The number of nitrogens with one attached hydrogen (secondary N) is 1. The van der Waals surface area contributed by atoms with Crippen LogP contribution in [0, 0.1) is 23.7 Å². The molecule has 0 saturated heterocycles. The third kappa shape index (κ3) is 10.6. The molecule has 2 amide bonds. The molecule has 0 aromatic heterocycles. The van der Waals surface area contributed by atoms with Crippen LogP contribution in [0.5, 0.6) is 23.0 Å². The fraction of sp³-hybridized carbons (Fsp3) is 0.528. The number of hydrogen-bond donors (Lipinski definition) is 3. The Morgan fingerprint density at radius 3 is 2.47 bits per heavy atom. The van der Waals surface area contributed by atoms with Crippen molar-refractivity contribution < 1.29 is 48.3 Å². The molecule has 6 atom stereocenters. The van der Waals surface area contributed by atoms with E-state index in [9.17, 15) is 15.0 Å². The van der Waals surface area contributed by atoms with Gasteiger partial charge in [-0.1, -0.05) is 92.2 Å². The Hall–Kier alpha value is -5.37. The van der Waals surface area contributed by atoms with Crippen molar-refractivity contribution in [2.45, 2.75) is 121 Å². The molecule has 354 valence electrons. The molecule has 13 nitrogen and oxygen atoms in total. The molecule has 3 aromatic rings. The van der Waals surface area contributed by atoms with Crippen molar-refractivity contribution in [2.75, 3.05) is 33.2 Å². The molecule has 2 heterocycles. The van der Waals surface area contributed by atoms with Gasteiger partial charge >= 0.3 is 6.09 Å². The van der Waals surface area contributed by atoms with Crippen LogP contribution in [-0.2, 0) is 27.5 Å². The van der Waals surface area contributed by atoms with Crippen molar-refractivity contribution in [2.24, 2.45) is 28.8 Å². The van der Waals surface area contributed by atoms with Gasteiger partial charge in [0.1, 0.15) is 24.1 Å². The fourth-order valence-corrected chi connectivity index (χ4v) is 11.1. The van der Waals surface area contributed by atoms with Crippen LogP contribution in [0.4, 0.5) is 4.79 Å². The van der Waals surface area contributed by atoms with Crippen molar-refractivity contribution in [1.29, 1.82) is 0 Å². The van der Waals surface area contributed by atoms with Crippen LogP contribution in [0.2, 0.25) is 0 Å². The average molecular weight is 906 g/mol. The Morgan fingerprint density at radius 1 is 0.924 bits per heavy atom. The Kier molecular flexibility index (Phi) is 16.0. The quantitative estimate of drug-likeness (QED) is 0.0504. The van der Waals surface area contributed by atoms with Gasteiger partial charge in [-0.05, 0) is 104 Å². The minimum absolute atomic E-state index is 0.00283. The molecule has 66 heavy (non-hydrogen) atoms. The summed E-state index contributed by atoms with van der Waals surface area (Å²) in [4.78, 5) is 36.5. The smallest absolute Gasteiger partial charge is 0.412 e. The highest BCUT2D eigenvalue weighted by Crippen LogP contribution is 2.62. The van der Waals surface area contributed by atoms with E-state index < -0.39 is 23.8 Å². The summed E-state index contributed by atoms with van der Waals surface area (Å²) in [5.74, 6) is 0.550. The first-order valence-electron chi connectivity index (χ1n) is 24.2. The topological polar surface area (TPSA) is 158 Å². The van der Waals surface area contributed by atoms with Gasteiger partial charge in [0.05, 0.1) is 18.2 Å². The number of hydrogen-bond acceptors (Lipinski definition) is 11. The highest BCUT2D eigenvalue weighted by atomic mass is 16.7. The molecule has 3 aliphatic carbocycles. The molecule has 6 unspecified atom stereocenters. The number of rotatable bonds is 22. The van der Waals surface area contributed by atoms with E-state index in [1.54, 1.807) is 12.1 Å². The zero-order valence-electron chi connectivity index (χ0n) is 38.4. The molecular weight excluding hydrogens is 839 g/mol. The van der Waals surface area contributed by atoms with Crippen molar-refractivity contribution in [3.63, 3.8) is 0 Å². The number of fused-ring (bicyclic) bond motifs is 3. The summed E-state index contributed by atoms with van der Waals surface area (Å²) >= 11 is 0. The average Bonchev–Trinajstić information content (AvgIpc) is 4.04. The molecule has 0 radical (unpaired) electrons. The Balaban J connectivity index is 1.32. The van der Waals surface area contributed by atoms with Crippen molar-refractivity contribution in [3.8, 4) is 23.0 Å². The van der Waals surface area contributed by atoms with E-state index in [1.807, 2.05) is 72.5 Å². The Morgan fingerprint density at radius 2 is 1.70 bits per heavy atom. The number of ether oxygens (including phenoxy) is 5. The zero-order valence-corrected chi connectivity index (χ0v) is 38.4. The van der Waals surface area contributed by atoms with Gasteiger partial charge in [-0.15, -0.1) is 6.58 Å². The molecule has 3 N–H and O–H groups in total. The maximum atomic E-state index is 15.3. The number of aliphatic hydroxyl groups is 2. The van der Waals surface area contributed by atoms with E-state index in [0.717, 1.165) is 67.2 Å². The van der Waals surface area contributed by atoms with Gasteiger partial charge in [0, 0.05) is 50.6 Å². The van der Waals surface area contributed by atoms with Crippen molar-refractivity contribution >= 4 is 17.7 Å². The molecule has 5 aliphatic rings. The van der Waals surface area contributed by atoms with E-state index in [2.05, 4.69) is 18.0 Å². The van der Waals surface area contributed by atoms with E-state index >= 15 is 4.79 Å². The third-order valence-electron chi connectivity index (χ3n) is 14.2. The molecule has 2 aliphatic heterocycles. The number of oxime groups is 1. The molecule has 0 spiro atoms. The van der Waals surface area contributed by atoms with Crippen LogP contribution >= 0.6 is 0 Å². The second-order valence-electron chi connectivity index (χ2n) is 18.3. The number of carbonyl (C=O) groups excluding carboxylic acids is 2. The van der Waals surface area contributed by atoms with Crippen molar-refractivity contribution in [3.05, 3.63) is 108 Å². The normalized spacial score (nSPS) is 24.4. The first-order chi connectivity index (χ1) is 32.3. The van der Waals surface area contributed by atoms with E-state index in [-0.39, 0.29) is 69.8 Å². The number of unbranched alkanes of at least 4 members (excludes halogenated alkanes) is 2. The summed E-state index contributed by atoms with van der Waals surface area (Å²) < 4.78 is 32.1. The Labute approximate surface area is 389 Å². The van der Waals surface area contributed by atoms with Gasteiger partial charge in [0.15, 0.2) is 11.5 Å². The second kappa shape index (κ2) is 22.4. The van der Waals surface area contributed by atoms with Gasteiger partial charge in [-0.2, -0.15) is 0 Å². The lowest BCUT2D eigenvalue weighted by Crippen LogP contribution is -2.70. The predicted molar refractivity (Wildman–Crippen MR) is 250 cm³/mol. The molecule has 3 aromatic carbocycles. The van der Waals surface area contributed by atoms with Crippen LogP contribution in [0.25, 0.3) is 0 Å². The van der Waals surface area contributed by atoms with Gasteiger partial charge in [-0.25, -0.2) is 4.79 Å². The summed E-state index contributed by atoms with van der Waals surface area (Å²) in [6.45, 7) is 7.28. The maximum absolute atomic E-state index is 15.3. The van der Waals surface area contributed by atoms with E-state index in [1.165, 1.54) is 12.8 Å². The molecule has 0 bridgehead atoms.